The second-order valence-corrected chi connectivity index (χ2v) is 5.26. The number of rotatable bonds is 6. The highest BCUT2D eigenvalue weighted by Gasteiger charge is 2.32. The molecule has 3 N–H and O–H groups in total. The SMILES string of the molecule is CCCNC(c1cc(Cl)cnc1N)C(C)(C)OC. The lowest BCUT2D eigenvalue weighted by molar-refractivity contribution is -0.0109. The van der Waals surface area contributed by atoms with E-state index in [-0.39, 0.29) is 6.04 Å². The Bertz CT molecular complexity index is 396. The molecule has 1 unspecified atom stereocenters. The Kier molecular flexibility index (Phi) is 5.38. The lowest BCUT2D eigenvalue weighted by Crippen LogP contribution is -2.41. The van der Waals surface area contributed by atoms with Crippen LogP contribution in [0.4, 0.5) is 5.82 Å². The van der Waals surface area contributed by atoms with Crippen LogP contribution in [0.1, 0.15) is 38.8 Å². The summed E-state index contributed by atoms with van der Waals surface area (Å²) in [5, 5.41) is 4.02. The van der Waals surface area contributed by atoms with E-state index in [1.54, 1.807) is 13.3 Å². The fraction of sp³-hybridized carbons (Fsp3) is 0.615. The molecule has 5 heteroatoms. The van der Waals surface area contributed by atoms with E-state index in [9.17, 15) is 0 Å². The Morgan fingerprint density at radius 1 is 1.56 bits per heavy atom. The Morgan fingerprint density at radius 2 is 2.22 bits per heavy atom. The first-order valence-corrected chi connectivity index (χ1v) is 6.49. The maximum absolute atomic E-state index is 6.00. The van der Waals surface area contributed by atoms with Crippen molar-refractivity contribution in [3.05, 3.63) is 22.8 Å². The monoisotopic (exact) mass is 271 g/mol. The van der Waals surface area contributed by atoms with Gasteiger partial charge in [0, 0.05) is 18.9 Å². The average Bonchev–Trinajstić information content (AvgIpc) is 2.33. The molecule has 0 amide bonds. The first-order chi connectivity index (χ1) is 8.42. The van der Waals surface area contributed by atoms with Gasteiger partial charge in [0.25, 0.3) is 0 Å². The number of nitrogens with zero attached hydrogens (tertiary/aromatic N) is 1. The molecule has 1 aromatic heterocycles. The van der Waals surface area contributed by atoms with Gasteiger partial charge in [-0.2, -0.15) is 0 Å². The van der Waals surface area contributed by atoms with Gasteiger partial charge in [0.15, 0.2) is 0 Å². The summed E-state index contributed by atoms with van der Waals surface area (Å²) in [4.78, 5) is 4.11. The van der Waals surface area contributed by atoms with Gasteiger partial charge in [0.1, 0.15) is 5.82 Å². The van der Waals surface area contributed by atoms with Crippen molar-refractivity contribution >= 4 is 17.4 Å². The number of halogens is 1. The molecule has 0 aliphatic carbocycles. The molecule has 1 rings (SSSR count). The fourth-order valence-corrected chi connectivity index (χ4v) is 2.00. The maximum Gasteiger partial charge on any atom is 0.128 e. The van der Waals surface area contributed by atoms with E-state index < -0.39 is 5.60 Å². The van der Waals surface area contributed by atoms with Crippen molar-refractivity contribution in [2.24, 2.45) is 0 Å². The van der Waals surface area contributed by atoms with Gasteiger partial charge in [-0.1, -0.05) is 18.5 Å². The number of methoxy groups -OCH3 is 1. The third-order valence-electron chi connectivity index (χ3n) is 3.05. The number of hydrogen-bond donors (Lipinski definition) is 2. The topological polar surface area (TPSA) is 60.2 Å². The minimum absolute atomic E-state index is 0.0475. The molecule has 0 radical (unpaired) electrons. The number of nitrogen functional groups attached to an aromatic ring is 1. The minimum Gasteiger partial charge on any atom is -0.383 e. The van der Waals surface area contributed by atoms with Gasteiger partial charge in [-0.15, -0.1) is 0 Å². The van der Waals surface area contributed by atoms with E-state index in [0.717, 1.165) is 18.5 Å². The number of hydrogen-bond acceptors (Lipinski definition) is 4. The first-order valence-electron chi connectivity index (χ1n) is 6.11. The summed E-state index contributed by atoms with van der Waals surface area (Å²) in [6, 6.07) is 1.80. The molecular formula is C13H22ClN3O. The number of nitrogens with two attached hydrogens (primary N) is 1. The second-order valence-electron chi connectivity index (χ2n) is 4.82. The Hall–Kier alpha value is -0.840. The zero-order valence-electron chi connectivity index (χ0n) is 11.5. The Labute approximate surface area is 114 Å². The molecule has 0 aliphatic heterocycles. The number of aromatic nitrogens is 1. The molecule has 0 saturated heterocycles. The van der Waals surface area contributed by atoms with Crippen LogP contribution in [-0.2, 0) is 4.74 Å². The average molecular weight is 272 g/mol. The van der Waals surface area contributed by atoms with Gasteiger partial charge in [0.05, 0.1) is 16.7 Å². The molecule has 0 aromatic carbocycles. The van der Waals surface area contributed by atoms with Gasteiger partial charge < -0.3 is 15.8 Å². The zero-order valence-corrected chi connectivity index (χ0v) is 12.2. The van der Waals surface area contributed by atoms with Crippen LogP contribution in [0.3, 0.4) is 0 Å². The number of pyridine rings is 1. The van der Waals surface area contributed by atoms with Crippen molar-refractivity contribution in [1.29, 1.82) is 0 Å². The van der Waals surface area contributed by atoms with Gasteiger partial charge >= 0.3 is 0 Å². The quantitative estimate of drug-likeness (QED) is 0.835. The van der Waals surface area contributed by atoms with Crippen LogP contribution in [0, 0.1) is 0 Å². The highest BCUT2D eigenvalue weighted by atomic mass is 35.5. The van der Waals surface area contributed by atoms with Crippen LogP contribution in [0.25, 0.3) is 0 Å². The number of anilines is 1. The van der Waals surface area contributed by atoms with Crippen molar-refractivity contribution in [2.45, 2.75) is 38.8 Å². The number of ether oxygens (including phenoxy) is 1. The van der Waals surface area contributed by atoms with Crippen molar-refractivity contribution < 1.29 is 4.74 Å². The maximum atomic E-state index is 6.00. The van der Waals surface area contributed by atoms with Gasteiger partial charge in [0.2, 0.25) is 0 Å². The highest BCUT2D eigenvalue weighted by Crippen LogP contribution is 2.32. The van der Waals surface area contributed by atoms with Crippen molar-refractivity contribution in [2.75, 3.05) is 19.4 Å². The Morgan fingerprint density at radius 3 is 2.78 bits per heavy atom. The van der Waals surface area contributed by atoms with Crippen LogP contribution in [0.5, 0.6) is 0 Å². The van der Waals surface area contributed by atoms with E-state index >= 15 is 0 Å². The smallest absolute Gasteiger partial charge is 0.128 e. The van der Waals surface area contributed by atoms with Crippen LogP contribution < -0.4 is 11.1 Å². The van der Waals surface area contributed by atoms with Gasteiger partial charge in [-0.05, 0) is 32.9 Å². The summed E-state index contributed by atoms with van der Waals surface area (Å²) in [5.74, 6) is 0.484. The third kappa shape index (κ3) is 3.57. The lowest BCUT2D eigenvalue weighted by atomic mass is 9.91. The molecule has 1 heterocycles. The molecule has 1 aromatic rings. The number of nitrogens with one attached hydrogen (secondary N) is 1. The van der Waals surface area contributed by atoms with Gasteiger partial charge in [-0.25, -0.2) is 4.98 Å². The van der Waals surface area contributed by atoms with Crippen LogP contribution in [0.15, 0.2) is 12.3 Å². The molecule has 0 bridgehead atoms. The van der Waals surface area contributed by atoms with Gasteiger partial charge in [-0.3, -0.25) is 0 Å². The van der Waals surface area contributed by atoms with Crippen LogP contribution in [0.2, 0.25) is 5.02 Å². The fourth-order valence-electron chi connectivity index (χ4n) is 1.83. The predicted molar refractivity (Wildman–Crippen MR) is 75.8 cm³/mol. The normalized spacial score (nSPS) is 13.6. The Balaban J connectivity index is 3.12. The largest absolute Gasteiger partial charge is 0.383 e. The molecule has 102 valence electrons. The zero-order chi connectivity index (χ0) is 13.8. The molecule has 0 aliphatic rings. The van der Waals surface area contributed by atoms with E-state index in [2.05, 4.69) is 17.2 Å². The van der Waals surface area contributed by atoms with Crippen molar-refractivity contribution in [3.63, 3.8) is 0 Å². The molecular weight excluding hydrogens is 250 g/mol. The standard InChI is InChI=1S/C13H22ClN3O/c1-5-6-16-11(13(2,3)18-4)10-7-9(14)8-17-12(10)15/h7-8,11,16H,5-6H2,1-4H3,(H2,15,17). The summed E-state index contributed by atoms with van der Waals surface area (Å²) in [7, 11) is 1.69. The van der Waals surface area contributed by atoms with Crippen LogP contribution >= 0.6 is 11.6 Å². The molecule has 1 atom stereocenters. The highest BCUT2D eigenvalue weighted by molar-refractivity contribution is 6.30. The molecule has 0 fully saturated rings. The van der Waals surface area contributed by atoms with Crippen molar-refractivity contribution in [1.82, 2.24) is 10.3 Å². The summed E-state index contributed by atoms with van der Waals surface area (Å²) < 4.78 is 5.56. The minimum atomic E-state index is -0.393. The summed E-state index contributed by atoms with van der Waals surface area (Å²) in [6.07, 6.45) is 2.58. The van der Waals surface area contributed by atoms with E-state index in [4.69, 9.17) is 22.1 Å². The second kappa shape index (κ2) is 6.36. The summed E-state index contributed by atoms with van der Waals surface area (Å²) in [5.41, 5.74) is 6.43. The van der Waals surface area contributed by atoms with E-state index in [1.165, 1.54) is 0 Å². The molecule has 0 saturated carbocycles. The predicted octanol–water partition coefficient (Wildman–Crippen LogP) is 2.78. The van der Waals surface area contributed by atoms with E-state index in [1.807, 2.05) is 19.9 Å². The third-order valence-corrected chi connectivity index (χ3v) is 3.25. The summed E-state index contributed by atoms with van der Waals surface area (Å²) >= 11 is 6.00. The lowest BCUT2D eigenvalue weighted by Gasteiger charge is -2.34. The van der Waals surface area contributed by atoms with E-state index in [0.29, 0.717) is 10.8 Å². The van der Waals surface area contributed by atoms with Crippen molar-refractivity contribution in [3.8, 4) is 0 Å². The van der Waals surface area contributed by atoms with Crippen LogP contribution in [-0.4, -0.2) is 24.2 Å². The molecule has 4 nitrogen and oxygen atoms in total. The molecule has 18 heavy (non-hydrogen) atoms. The summed E-state index contributed by atoms with van der Waals surface area (Å²) in [6.45, 7) is 7.02. The first kappa shape index (κ1) is 15.2. The molecule has 0 spiro atoms.